The molecule has 1 aliphatic heterocycles. The van der Waals surface area contributed by atoms with Crippen LogP contribution in [0, 0.1) is 0 Å². The number of piperazine rings is 1. The monoisotopic (exact) mass is 287 g/mol. The van der Waals surface area contributed by atoms with Gasteiger partial charge < -0.3 is 19.2 Å². The van der Waals surface area contributed by atoms with Crippen LogP contribution in [0.2, 0.25) is 0 Å². The van der Waals surface area contributed by atoms with Gasteiger partial charge in [-0.25, -0.2) is 0 Å². The number of nitrogens with zero attached hydrogens (tertiary/aromatic N) is 2. The normalized spacial score (nSPS) is 15.1. The molecular formula is C15H17N3O3. The van der Waals surface area contributed by atoms with Gasteiger partial charge in [-0.2, -0.15) is 0 Å². The molecule has 0 unspecified atom stereocenters. The summed E-state index contributed by atoms with van der Waals surface area (Å²) in [6, 6.07) is 6.50. The average molecular weight is 287 g/mol. The third kappa shape index (κ3) is 3.22. The highest BCUT2D eigenvalue weighted by Crippen LogP contribution is 2.12. The zero-order valence-electron chi connectivity index (χ0n) is 11.6. The molecule has 0 atom stereocenters. The maximum absolute atomic E-state index is 12.3. The van der Waals surface area contributed by atoms with E-state index in [0.717, 1.165) is 13.1 Å². The van der Waals surface area contributed by atoms with Crippen LogP contribution in [-0.4, -0.2) is 41.6 Å². The Morgan fingerprint density at radius 1 is 1.14 bits per heavy atom. The summed E-state index contributed by atoms with van der Waals surface area (Å²) in [5, 5.41) is 3.21. The topological polar surface area (TPSA) is 67.5 Å². The van der Waals surface area contributed by atoms with E-state index in [1.165, 1.54) is 12.1 Å². The van der Waals surface area contributed by atoms with Crippen LogP contribution in [0.25, 0.3) is 0 Å². The standard InChI is InChI=1S/C15H17N3O3/c19-12-3-7-17(8-4-12)11-13-1-2-14(21-13)15(20)18-9-5-16-6-10-18/h1-4,7-8,16H,5-6,9-11H2. The fraction of sp³-hybridized carbons (Fsp3) is 0.333. The van der Waals surface area contributed by atoms with E-state index in [0.29, 0.717) is 31.2 Å². The maximum atomic E-state index is 12.3. The van der Waals surface area contributed by atoms with Crippen LogP contribution < -0.4 is 10.7 Å². The van der Waals surface area contributed by atoms with Crippen molar-refractivity contribution >= 4 is 5.91 Å². The number of amides is 1. The molecule has 0 aromatic carbocycles. The van der Waals surface area contributed by atoms with Gasteiger partial charge in [0.2, 0.25) is 0 Å². The molecule has 21 heavy (non-hydrogen) atoms. The van der Waals surface area contributed by atoms with E-state index in [-0.39, 0.29) is 11.3 Å². The molecule has 0 bridgehead atoms. The van der Waals surface area contributed by atoms with Crippen molar-refractivity contribution in [2.24, 2.45) is 0 Å². The van der Waals surface area contributed by atoms with Crippen LogP contribution in [0.3, 0.4) is 0 Å². The van der Waals surface area contributed by atoms with E-state index in [9.17, 15) is 9.59 Å². The van der Waals surface area contributed by atoms with Gasteiger partial charge >= 0.3 is 0 Å². The molecule has 1 saturated heterocycles. The molecule has 2 aromatic heterocycles. The molecule has 1 amide bonds. The minimum atomic E-state index is -0.0670. The minimum Gasteiger partial charge on any atom is -0.454 e. The van der Waals surface area contributed by atoms with Crippen molar-refractivity contribution in [3.8, 4) is 0 Å². The van der Waals surface area contributed by atoms with Gasteiger partial charge in [-0.1, -0.05) is 0 Å². The highest BCUT2D eigenvalue weighted by atomic mass is 16.4. The summed E-state index contributed by atoms with van der Waals surface area (Å²) in [4.78, 5) is 25.1. The molecule has 6 heteroatoms. The Morgan fingerprint density at radius 3 is 2.57 bits per heavy atom. The van der Waals surface area contributed by atoms with Crippen molar-refractivity contribution < 1.29 is 9.21 Å². The third-order valence-electron chi connectivity index (χ3n) is 3.48. The Labute approximate surface area is 122 Å². The number of carbonyl (C=O) groups is 1. The first-order chi connectivity index (χ1) is 10.2. The molecular weight excluding hydrogens is 270 g/mol. The molecule has 2 aromatic rings. The van der Waals surface area contributed by atoms with Crippen LogP contribution in [0.15, 0.2) is 45.9 Å². The van der Waals surface area contributed by atoms with Crippen molar-refractivity contribution in [2.75, 3.05) is 26.2 Å². The number of hydrogen-bond acceptors (Lipinski definition) is 4. The third-order valence-corrected chi connectivity index (χ3v) is 3.48. The Balaban J connectivity index is 1.69. The highest BCUT2D eigenvalue weighted by Gasteiger charge is 2.20. The number of nitrogens with one attached hydrogen (secondary N) is 1. The number of pyridine rings is 1. The summed E-state index contributed by atoms with van der Waals surface area (Å²) in [7, 11) is 0. The average Bonchev–Trinajstić information content (AvgIpc) is 2.98. The van der Waals surface area contributed by atoms with Crippen LogP contribution in [0.4, 0.5) is 0 Å². The Kier molecular flexibility index (Phi) is 3.87. The van der Waals surface area contributed by atoms with Crippen molar-refractivity contribution in [3.05, 3.63) is 58.4 Å². The number of hydrogen-bond donors (Lipinski definition) is 1. The Hall–Kier alpha value is -2.34. The first-order valence-electron chi connectivity index (χ1n) is 6.97. The number of furan rings is 1. The van der Waals surface area contributed by atoms with Gasteiger partial charge in [0.1, 0.15) is 5.76 Å². The van der Waals surface area contributed by atoms with Crippen molar-refractivity contribution in [1.29, 1.82) is 0 Å². The van der Waals surface area contributed by atoms with E-state index >= 15 is 0 Å². The smallest absolute Gasteiger partial charge is 0.289 e. The van der Waals surface area contributed by atoms with E-state index in [4.69, 9.17) is 4.42 Å². The fourth-order valence-corrected chi connectivity index (χ4v) is 2.33. The molecule has 110 valence electrons. The molecule has 1 aliphatic rings. The molecule has 0 radical (unpaired) electrons. The zero-order chi connectivity index (χ0) is 14.7. The number of aromatic nitrogens is 1. The minimum absolute atomic E-state index is 0.0275. The first kappa shape index (κ1) is 13.6. The lowest BCUT2D eigenvalue weighted by atomic mass is 10.3. The van der Waals surface area contributed by atoms with Crippen LogP contribution in [-0.2, 0) is 6.54 Å². The summed E-state index contributed by atoms with van der Waals surface area (Å²) in [6.07, 6.45) is 3.39. The van der Waals surface area contributed by atoms with Crippen molar-refractivity contribution in [1.82, 2.24) is 14.8 Å². The summed E-state index contributed by atoms with van der Waals surface area (Å²) >= 11 is 0. The number of carbonyl (C=O) groups excluding carboxylic acids is 1. The second-order valence-electron chi connectivity index (χ2n) is 5.01. The Bertz CT molecular complexity index is 663. The van der Waals surface area contributed by atoms with Gasteiger partial charge in [0, 0.05) is 50.7 Å². The van der Waals surface area contributed by atoms with E-state index in [1.807, 2.05) is 4.57 Å². The van der Waals surface area contributed by atoms with E-state index in [1.54, 1.807) is 29.4 Å². The number of rotatable bonds is 3. The largest absolute Gasteiger partial charge is 0.454 e. The molecule has 1 N–H and O–H groups in total. The van der Waals surface area contributed by atoms with Gasteiger partial charge in [-0.05, 0) is 12.1 Å². The molecule has 3 heterocycles. The lowest BCUT2D eigenvalue weighted by molar-refractivity contribution is 0.0701. The molecule has 6 nitrogen and oxygen atoms in total. The molecule has 0 saturated carbocycles. The SMILES string of the molecule is O=C(c1ccc(Cn2ccc(=O)cc2)o1)N1CCNCC1. The second-order valence-corrected chi connectivity index (χ2v) is 5.01. The molecule has 3 rings (SSSR count). The summed E-state index contributed by atoms with van der Waals surface area (Å²) in [5.74, 6) is 0.993. The summed E-state index contributed by atoms with van der Waals surface area (Å²) in [5.41, 5.74) is -0.0275. The lowest BCUT2D eigenvalue weighted by Crippen LogP contribution is -2.46. The highest BCUT2D eigenvalue weighted by molar-refractivity contribution is 5.91. The van der Waals surface area contributed by atoms with Crippen LogP contribution >= 0.6 is 0 Å². The van der Waals surface area contributed by atoms with E-state index < -0.39 is 0 Å². The predicted molar refractivity (Wildman–Crippen MR) is 77.3 cm³/mol. The first-order valence-corrected chi connectivity index (χ1v) is 6.97. The fourth-order valence-electron chi connectivity index (χ4n) is 2.33. The molecule has 0 aliphatic carbocycles. The summed E-state index contributed by atoms with van der Waals surface area (Å²) in [6.45, 7) is 3.53. The van der Waals surface area contributed by atoms with Gasteiger partial charge in [0.05, 0.1) is 6.54 Å². The van der Waals surface area contributed by atoms with Crippen molar-refractivity contribution in [3.63, 3.8) is 0 Å². The lowest BCUT2D eigenvalue weighted by Gasteiger charge is -2.26. The van der Waals surface area contributed by atoms with Gasteiger partial charge in [-0.15, -0.1) is 0 Å². The van der Waals surface area contributed by atoms with E-state index in [2.05, 4.69) is 5.32 Å². The predicted octanol–water partition coefficient (Wildman–Crippen LogP) is 0.535. The summed E-state index contributed by atoms with van der Waals surface area (Å²) < 4.78 is 7.45. The molecule has 1 fully saturated rings. The second kappa shape index (κ2) is 5.97. The maximum Gasteiger partial charge on any atom is 0.289 e. The van der Waals surface area contributed by atoms with Crippen molar-refractivity contribution in [2.45, 2.75) is 6.54 Å². The van der Waals surface area contributed by atoms with Gasteiger partial charge in [-0.3, -0.25) is 9.59 Å². The van der Waals surface area contributed by atoms with Crippen LogP contribution in [0.5, 0.6) is 0 Å². The quantitative estimate of drug-likeness (QED) is 0.894. The van der Waals surface area contributed by atoms with Gasteiger partial charge in [0.15, 0.2) is 11.2 Å². The van der Waals surface area contributed by atoms with Gasteiger partial charge in [0.25, 0.3) is 5.91 Å². The Morgan fingerprint density at radius 2 is 1.86 bits per heavy atom. The zero-order valence-corrected chi connectivity index (χ0v) is 11.6. The molecule has 0 spiro atoms. The van der Waals surface area contributed by atoms with Crippen LogP contribution in [0.1, 0.15) is 16.3 Å².